The van der Waals surface area contributed by atoms with E-state index in [2.05, 4.69) is 12.2 Å². The van der Waals surface area contributed by atoms with E-state index in [4.69, 9.17) is 0 Å². The van der Waals surface area contributed by atoms with E-state index >= 15 is 0 Å². The van der Waals surface area contributed by atoms with Crippen LogP contribution in [0.15, 0.2) is 30.3 Å². The van der Waals surface area contributed by atoms with E-state index in [9.17, 15) is 4.79 Å². The number of carbonyl (C=O) groups is 1. The Hall–Kier alpha value is -1.31. The van der Waals surface area contributed by atoms with E-state index in [1.54, 1.807) is 0 Å². The molecule has 146 valence electrons. The van der Waals surface area contributed by atoms with E-state index < -0.39 is 0 Å². The second-order valence-corrected chi connectivity index (χ2v) is 8.19. The molecule has 1 atom stereocenters. The molecule has 1 N–H and O–H groups in total. The van der Waals surface area contributed by atoms with Gasteiger partial charge in [0.1, 0.15) is 0 Å². The Labute approximate surface area is 161 Å². The standard InChI is InChI=1S/C24H39NO/c1-2-3-4-5-10-17-22(18-13-16-21-14-8-6-9-15-21)24(26)25-23-19-11-7-12-20-23/h7,11-12,19-22H,2-6,8-10,13-18H2,1H3,(H,25,26)/t22-/m0/s1. The topological polar surface area (TPSA) is 29.1 Å². The first-order chi connectivity index (χ1) is 12.8. The highest BCUT2D eigenvalue weighted by molar-refractivity contribution is 5.92. The van der Waals surface area contributed by atoms with Crippen molar-refractivity contribution in [2.75, 3.05) is 5.32 Å². The molecule has 2 heteroatoms. The highest BCUT2D eigenvalue weighted by Gasteiger charge is 2.20. The highest BCUT2D eigenvalue weighted by atomic mass is 16.1. The van der Waals surface area contributed by atoms with Crippen LogP contribution in [0, 0.1) is 11.8 Å². The van der Waals surface area contributed by atoms with Crippen molar-refractivity contribution in [1.29, 1.82) is 0 Å². The van der Waals surface area contributed by atoms with Gasteiger partial charge in [-0.25, -0.2) is 0 Å². The summed E-state index contributed by atoms with van der Waals surface area (Å²) in [6, 6.07) is 9.93. The summed E-state index contributed by atoms with van der Waals surface area (Å²) in [4.78, 5) is 12.8. The molecule has 0 aliphatic heterocycles. The Balaban J connectivity index is 1.78. The van der Waals surface area contributed by atoms with Crippen molar-refractivity contribution >= 4 is 11.6 Å². The first kappa shape index (κ1) is 21.0. The van der Waals surface area contributed by atoms with Gasteiger partial charge in [0.05, 0.1) is 0 Å². The molecule has 0 bridgehead atoms. The molecule has 0 spiro atoms. The van der Waals surface area contributed by atoms with Gasteiger partial charge in [-0.3, -0.25) is 4.79 Å². The minimum Gasteiger partial charge on any atom is -0.326 e. The summed E-state index contributed by atoms with van der Waals surface area (Å²) in [5.74, 6) is 1.34. The van der Waals surface area contributed by atoms with Crippen LogP contribution in [0.25, 0.3) is 0 Å². The minimum absolute atomic E-state index is 0.181. The average molecular weight is 358 g/mol. The molecule has 2 rings (SSSR count). The normalized spacial score (nSPS) is 16.3. The third kappa shape index (κ3) is 8.38. The lowest BCUT2D eigenvalue weighted by atomic mass is 9.84. The van der Waals surface area contributed by atoms with E-state index in [-0.39, 0.29) is 11.8 Å². The zero-order valence-electron chi connectivity index (χ0n) is 16.8. The molecule has 1 aromatic carbocycles. The van der Waals surface area contributed by atoms with Gasteiger partial charge < -0.3 is 5.32 Å². The summed E-state index contributed by atoms with van der Waals surface area (Å²) in [6.45, 7) is 2.25. The fourth-order valence-corrected chi connectivity index (χ4v) is 4.30. The monoisotopic (exact) mass is 357 g/mol. The molecule has 0 unspecified atom stereocenters. The van der Waals surface area contributed by atoms with Crippen molar-refractivity contribution in [3.05, 3.63) is 30.3 Å². The Morgan fingerprint density at radius 2 is 1.65 bits per heavy atom. The molecule has 0 aromatic heterocycles. The van der Waals surface area contributed by atoms with Crippen LogP contribution in [-0.2, 0) is 4.79 Å². The van der Waals surface area contributed by atoms with Gasteiger partial charge in [0.15, 0.2) is 0 Å². The van der Waals surface area contributed by atoms with Crippen molar-refractivity contribution in [3.63, 3.8) is 0 Å². The summed E-state index contributed by atoms with van der Waals surface area (Å²) >= 11 is 0. The van der Waals surface area contributed by atoms with Crippen molar-refractivity contribution in [3.8, 4) is 0 Å². The van der Waals surface area contributed by atoms with Crippen LogP contribution in [0.5, 0.6) is 0 Å². The Morgan fingerprint density at radius 1 is 0.962 bits per heavy atom. The fraction of sp³-hybridized carbons (Fsp3) is 0.708. The van der Waals surface area contributed by atoms with Crippen LogP contribution >= 0.6 is 0 Å². The average Bonchev–Trinajstić information content (AvgIpc) is 2.68. The molecule has 1 saturated carbocycles. The molecule has 1 aliphatic carbocycles. The predicted octanol–water partition coefficient (Wildman–Crippen LogP) is 7.35. The third-order valence-electron chi connectivity index (χ3n) is 5.96. The van der Waals surface area contributed by atoms with E-state index in [1.165, 1.54) is 77.0 Å². The van der Waals surface area contributed by atoms with Crippen LogP contribution in [0.1, 0.15) is 96.8 Å². The van der Waals surface area contributed by atoms with Gasteiger partial charge in [-0.1, -0.05) is 102 Å². The molecule has 1 fully saturated rings. The SMILES string of the molecule is CCCCCCC[C@@H](CCCC1CCCCC1)C(=O)Nc1ccccc1. The number of para-hydroxylation sites is 1. The van der Waals surface area contributed by atoms with Gasteiger partial charge in [0, 0.05) is 11.6 Å². The number of unbranched alkanes of at least 4 members (excludes halogenated alkanes) is 4. The van der Waals surface area contributed by atoms with Crippen molar-refractivity contribution in [1.82, 2.24) is 0 Å². The molecule has 1 aliphatic rings. The largest absolute Gasteiger partial charge is 0.326 e. The molecule has 0 heterocycles. The smallest absolute Gasteiger partial charge is 0.227 e. The maximum atomic E-state index is 12.8. The van der Waals surface area contributed by atoms with Gasteiger partial charge in [-0.15, -0.1) is 0 Å². The number of amides is 1. The lowest BCUT2D eigenvalue weighted by Gasteiger charge is -2.23. The highest BCUT2D eigenvalue weighted by Crippen LogP contribution is 2.29. The van der Waals surface area contributed by atoms with Crippen molar-refractivity contribution in [2.45, 2.75) is 96.8 Å². The second-order valence-electron chi connectivity index (χ2n) is 8.19. The number of nitrogens with one attached hydrogen (secondary N) is 1. The van der Waals surface area contributed by atoms with Gasteiger partial charge in [0.2, 0.25) is 5.91 Å². The summed E-state index contributed by atoms with van der Waals surface area (Å²) in [7, 11) is 0. The van der Waals surface area contributed by atoms with Crippen LogP contribution in [0.2, 0.25) is 0 Å². The lowest BCUT2D eigenvalue weighted by molar-refractivity contribution is -0.120. The van der Waals surface area contributed by atoms with Crippen molar-refractivity contribution in [2.24, 2.45) is 11.8 Å². The Morgan fingerprint density at radius 3 is 2.38 bits per heavy atom. The quantitative estimate of drug-likeness (QED) is 0.389. The number of benzene rings is 1. The van der Waals surface area contributed by atoms with E-state index in [0.717, 1.165) is 24.4 Å². The zero-order valence-corrected chi connectivity index (χ0v) is 16.8. The summed E-state index contributed by atoms with van der Waals surface area (Å²) < 4.78 is 0. The van der Waals surface area contributed by atoms with Crippen molar-refractivity contribution < 1.29 is 4.79 Å². The van der Waals surface area contributed by atoms with E-state index in [0.29, 0.717) is 0 Å². The van der Waals surface area contributed by atoms with Gasteiger partial charge in [0.25, 0.3) is 0 Å². The maximum absolute atomic E-state index is 12.8. The summed E-state index contributed by atoms with van der Waals surface area (Å²) in [5.41, 5.74) is 0.931. The molecule has 26 heavy (non-hydrogen) atoms. The van der Waals surface area contributed by atoms with Crippen LogP contribution in [0.3, 0.4) is 0 Å². The maximum Gasteiger partial charge on any atom is 0.227 e. The predicted molar refractivity (Wildman–Crippen MR) is 112 cm³/mol. The summed E-state index contributed by atoms with van der Waals surface area (Å²) in [6.07, 6.45) is 18.1. The second kappa shape index (κ2) is 12.9. The molecular formula is C24H39NO. The number of hydrogen-bond donors (Lipinski definition) is 1. The fourth-order valence-electron chi connectivity index (χ4n) is 4.30. The number of anilines is 1. The molecule has 1 amide bonds. The molecule has 2 nitrogen and oxygen atoms in total. The number of carbonyl (C=O) groups excluding carboxylic acids is 1. The minimum atomic E-state index is 0.181. The third-order valence-corrected chi connectivity index (χ3v) is 5.96. The first-order valence-corrected chi connectivity index (χ1v) is 11.2. The van der Waals surface area contributed by atoms with E-state index in [1.807, 2.05) is 30.3 Å². The van der Waals surface area contributed by atoms with Gasteiger partial charge in [-0.05, 0) is 30.9 Å². The Bertz CT molecular complexity index is 478. The van der Waals surface area contributed by atoms with Gasteiger partial charge in [-0.2, -0.15) is 0 Å². The van der Waals surface area contributed by atoms with Gasteiger partial charge >= 0.3 is 0 Å². The number of hydrogen-bond acceptors (Lipinski definition) is 1. The molecule has 1 aromatic rings. The Kier molecular flexibility index (Phi) is 10.5. The van der Waals surface area contributed by atoms with Crippen LogP contribution < -0.4 is 5.32 Å². The van der Waals surface area contributed by atoms with Crippen LogP contribution in [-0.4, -0.2) is 5.91 Å². The molecular weight excluding hydrogens is 318 g/mol. The van der Waals surface area contributed by atoms with Crippen LogP contribution in [0.4, 0.5) is 5.69 Å². The molecule has 0 radical (unpaired) electrons. The lowest BCUT2D eigenvalue weighted by Crippen LogP contribution is -2.23. The first-order valence-electron chi connectivity index (χ1n) is 11.2. The number of rotatable bonds is 12. The molecule has 0 saturated heterocycles. The summed E-state index contributed by atoms with van der Waals surface area (Å²) in [5, 5.41) is 3.14. The zero-order chi connectivity index (χ0) is 18.5.